The predicted molar refractivity (Wildman–Crippen MR) is 117 cm³/mol. The molecule has 1 atom stereocenters. The molecule has 1 aliphatic carbocycles. The van der Waals surface area contributed by atoms with Gasteiger partial charge in [-0.1, -0.05) is 18.2 Å². The van der Waals surface area contributed by atoms with Gasteiger partial charge in [0.15, 0.2) is 5.13 Å². The molecule has 6 nitrogen and oxygen atoms in total. The van der Waals surface area contributed by atoms with Gasteiger partial charge in [-0.25, -0.2) is 4.98 Å². The molecule has 0 radical (unpaired) electrons. The van der Waals surface area contributed by atoms with Crippen molar-refractivity contribution in [2.24, 2.45) is 5.14 Å². The fourth-order valence-electron chi connectivity index (χ4n) is 3.55. The number of ether oxygens (including phenoxy) is 1. The molecule has 2 aromatic heterocycles. The van der Waals surface area contributed by atoms with Crippen LogP contribution in [-0.4, -0.2) is 29.2 Å². The predicted octanol–water partition coefficient (Wildman–Crippen LogP) is 3.87. The number of aromatic nitrogens is 2. The molecule has 0 saturated heterocycles. The highest BCUT2D eigenvalue weighted by Gasteiger charge is 2.20. The van der Waals surface area contributed by atoms with Crippen molar-refractivity contribution in [2.45, 2.75) is 38.8 Å². The summed E-state index contributed by atoms with van der Waals surface area (Å²) in [5.74, 6) is 0. The standard InChI is InChI=1S/C20H25N5OS2/c1-2-26-17-5-3-14(4-6-17)9-18-12-23-20(27-18)25-8-7-19-15(13-25)10-16(11-22-19)24-28-21/h3-5,10-12,17,24H,2,6-9,13,21H2,1H3. The van der Waals surface area contributed by atoms with Crippen LogP contribution >= 0.6 is 23.5 Å². The Morgan fingerprint density at radius 3 is 3.11 bits per heavy atom. The number of hydrogen-bond acceptors (Lipinski definition) is 8. The molecule has 2 aliphatic rings. The van der Waals surface area contributed by atoms with E-state index in [0.29, 0.717) is 0 Å². The van der Waals surface area contributed by atoms with Crippen LogP contribution in [-0.2, 0) is 24.1 Å². The zero-order valence-corrected chi connectivity index (χ0v) is 17.6. The Morgan fingerprint density at radius 2 is 2.32 bits per heavy atom. The second-order valence-corrected chi connectivity index (χ2v) is 8.41. The second-order valence-electron chi connectivity index (χ2n) is 6.87. The van der Waals surface area contributed by atoms with Gasteiger partial charge in [0.1, 0.15) is 0 Å². The average Bonchev–Trinajstić information content (AvgIpc) is 3.18. The van der Waals surface area contributed by atoms with Gasteiger partial charge < -0.3 is 14.4 Å². The first-order valence-corrected chi connectivity index (χ1v) is 11.2. The molecule has 1 aliphatic heterocycles. The monoisotopic (exact) mass is 415 g/mol. The Morgan fingerprint density at radius 1 is 1.39 bits per heavy atom. The summed E-state index contributed by atoms with van der Waals surface area (Å²) in [5.41, 5.74) is 4.69. The molecular formula is C20H25N5OS2. The summed E-state index contributed by atoms with van der Waals surface area (Å²) in [6.45, 7) is 4.58. The van der Waals surface area contributed by atoms with Crippen molar-refractivity contribution in [1.29, 1.82) is 0 Å². The molecular weight excluding hydrogens is 390 g/mol. The lowest BCUT2D eigenvalue weighted by Crippen LogP contribution is -2.30. The molecule has 2 aromatic rings. The first kappa shape index (κ1) is 19.4. The molecule has 0 saturated carbocycles. The van der Waals surface area contributed by atoms with Crippen LogP contribution in [0.15, 0.2) is 42.3 Å². The highest BCUT2D eigenvalue weighted by atomic mass is 32.2. The molecule has 0 bridgehead atoms. The number of pyridine rings is 1. The molecule has 148 valence electrons. The van der Waals surface area contributed by atoms with Crippen molar-refractivity contribution < 1.29 is 4.74 Å². The van der Waals surface area contributed by atoms with E-state index in [-0.39, 0.29) is 6.10 Å². The fourth-order valence-corrected chi connectivity index (χ4v) is 4.77. The van der Waals surface area contributed by atoms with Crippen molar-refractivity contribution in [3.63, 3.8) is 0 Å². The molecule has 1 unspecified atom stereocenters. The van der Waals surface area contributed by atoms with Crippen LogP contribution in [0.3, 0.4) is 0 Å². The van der Waals surface area contributed by atoms with Gasteiger partial charge in [0, 0.05) is 61.4 Å². The number of nitrogens with one attached hydrogen (secondary N) is 1. The van der Waals surface area contributed by atoms with Gasteiger partial charge in [0.05, 0.1) is 18.0 Å². The van der Waals surface area contributed by atoms with E-state index in [1.165, 1.54) is 21.7 Å². The minimum absolute atomic E-state index is 0.227. The summed E-state index contributed by atoms with van der Waals surface area (Å²) in [7, 11) is 0. The number of nitrogens with two attached hydrogens (primary N) is 1. The minimum atomic E-state index is 0.227. The zero-order valence-electron chi connectivity index (χ0n) is 15.9. The summed E-state index contributed by atoms with van der Waals surface area (Å²) in [6.07, 6.45) is 13.6. The Kier molecular flexibility index (Phi) is 6.31. The maximum atomic E-state index is 5.65. The van der Waals surface area contributed by atoms with E-state index in [1.807, 2.05) is 19.3 Å². The molecule has 0 spiro atoms. The van der Waals surface area contributed by atoms with E-state index in [4.69, 9.17) is 9.88 Å². The van der Waals surface area contributed by atoms with Gasteiger partial charge in [-0.05, 0) is 30.5 Å². The summed E-state index contributed by atoms with van der Waals surface area (Å²) in [4.78, 5) is 12.9. The second kappa shape index (κ2) is 9.09. The van der Waals surface area contributed by atoms with Crippen molar-refractivity contribution >= 4 is 34.3 Å². The summed E-state index contributed by atoms with van der Waals surface area (Å²) in [6, 6.07) is 2.13. The van der Waals surface area contributed by atoms with E-state index in [0.717, 1.165) is 61.9 Å². The maximum absolute atomic E-state index is 5.65. The third-order valence-corrected chi connectivity index (χ3v) is 6.34. The minimum Gasteiger partial charge on any atom is -0.374 e. The number of anilines is 2. The largest absolute Gasteiger partial charge is 0.374 e. The molecule has 0 amide bonds. The van der Waals surface area contributed by atoms with Crippen molar-refractivity contribution in [1.82, 2.24) is 9.97 Å². The van der Waals surface area contributed by atoms with Crippen LogP contribution in [0.1, 0.15) is 29.5 Å². The van der Waals surface area contributed by atoms with Crippen LogP contribution in [0.5, 0.6) is 0 Å². The highest BCUT2D eigenvalue weighted by molar-refractivity contribution is 7.98. The number of hydrogen-bond donors (Lipinski definition) is 2. The van der Waals surface area contributed by atoms with E-state index >= 15 is 0 Å². The molecule has 4 rings (SSSR count). The van der Waals surface area contributed by atoms with Crippen LogP contribution in [0, 0.1) is 0 Å². The highest BCUT2D eigenvalue weighted by Crippen LogP contribution is 2.30. The van der Waals surface area contributed by atoms with Gasteiger partial charge in [-0.2, -0.15) is 0 Å². The number of fused-ring (bicyclic) bond motifs is 1. The van der Waals surface area contributed by atoms with E-state index < -0.39 is 0 Å². The van der Waals surface area contributed by atoms with Gasteiger partial charge >= 0.3 is 0 Å². The van der Waals surface area contributed by atoms with Crippen LogP contribution in [0.25, 0.3) is 0 Å². The molecule has 3 heterocycles. The lowest BCUT2D eigenvalue weighted by atomic mass is 10.0. The maximum Gasteiger partial charge on any atom is 0.185 e. The van der Waals surface area contributed by atoms with Crippen molar-refractivity contribution in [3.8, 4) is 0 Å². The van der Waals surface area contributed by atoms with Gasteiger partial charge in [-0.15, -0.1) is 11.3 Å². The van der Waals surface area contributed by atoms with E-state index in [9.17, 15) is 0 Å². The smallest absolute Gasteiger partial charge is 0.185 e. The summed E-state index contributed by atoms with van der Waals surface area (Å²) < 4.78 is 8.70. The van der Waals surface area contributed by atoms with Crippen LogP contribution in [0.4, 0.5) is 10.8 Å². The summed E-state index contributed by atoms with van der Waals surface area (Å²) in [5, 5.41) is 6.58. The first-order chi connectivity index (χ1) is 13.7. The van der Waals surface area contributed by atoms with Gasteiger partial charge in [-0.3, -0.25) is 10.1 Å². The van der Waals surface area contributed by atoms with Crippen molar-refractivity contribution in [3.05, 3.63) is 58.4 Å². The number of allylic oxidation sites excluding steroid dienone is 2. The van der Waals surface area contributed by atoms with Crippen LogP contribution in [0.2, 0.25) is 0 Å². The number of rotatable bonds is 7. The topological polar surface area (TPSA) is 76.3 Å². The molecule has 3 N–H and O–H groups in total. The van der Waals surface area contributed by atoms with E-state index in [1.54, 1.807) is 11.3 Å². The van der Waals surface area contributed by atoms with Crippen molar-refractivity contribution in [2.75, 3.05) is 22.8 Å². The SMILES string of the molecule is CCOC1C=CC(Cc2cnc(N3CCc4ncc(NSN)cc4C3)s2)=CC1. The Labute approximate surface area is 174 Å². The quantitative estimate of drug-likeness (QED) is 0.665. The third-order valence-electron chi connectivity index (χ3n) is 4.92. The number of nitrogens with zero attached hydrogens (tertiary/aromatic N) is 3. The Hall–Kier alpha value is -1.87. The van der Waals surface area contributed by atoms with Gasteiger partial charge in [0.25, 0.3) is 0 Å². The zero-order chi connectivity index (χ0) is 19.3. The van der Waals surface area contributed by atoms with E-state index in [2.05, 4.69) is 43.9 Å². The Balaban J connectivity index is 1.40. The summed E-state index contributed by atoms with van der Waals surface area (Å²) >= 11 is 2.87. The average molecular weight is 416 g/mol. The third kappa shape index (κ3) is 4.57. The molecule has 28 heavy (non-hydrogen) atoms. The molecule has 8 heteroatoms. The molecule has 0 fully saturated rings. The lowest BCUT2D eigenvalue weighted by Gasteiger charge is -2.28. The van der Waals surface area contributed by atoms with Crippen LogP contribution < -0.4 is 14.8 Å². The fraction of sp³-hybridized carbons (Fsp3) is 0.400. The lowest BCUT2D eigenvalue weighted by molar-refractivity contribution is 0.0975. The normalized spacial score (nSPS) is 18.7. The van der Waals surface area contributed by atoms with Gasteiger partial charge in [0.2, 0.25) is 0 Å². The number of thiazole rings is 1. The molecule has 0 aromatic carbocycles. The first-order valence-electron chi connectivity index (χ1n) is 9.53. The Bertz CT molecular complexity index is 879.